The van der Waals surface area contributed by atoms with Crippen molar-refractivity contribution >= 4 is 11.9 Å². The van der Waals surface area contributed by atoms with Crippen molar-refractivity contribution in [3.63, 3.8) is 0 Å². The van der Waals surface area contributed by atoms with Gasteiger partial charge in [-0.25, -0.2) is 4.79 Å². The third-order valence-electron chi connectivity index (χ3n) is 3.25. The molecule has 0 spiro atoms. The summed E-state index contributed by atoms with van der Waals surface area (Å²) in [7, 11) is 0. The van der Waals surface area contributed by atoms with Gasteiger partial charge in [-0.3, -0.25) is 9.69 Å². The van der Waals surface area contributed by atoms with Crippen LogP contribution in [0.4, 0.5) is 13.6 Å². The summed E-state index contributed by atoms with van der Waals surface area (Å²) in [6.45, 7) is 0.640. The Bertz CT molecular complexity index is 533. The highest BCUT2D eigenvalue weighted by atomic mass is 19.3. The number of likely N-dealkylation sites (N-methyl/N-ethyl adjacent to an activating group) is 1. The second-order valence-electron chi connectivity index (χ2n) is 4.51. The Balaban J connectivity index is 2.27. The number of rotatable bonds is 4. The Kier molecular flexibility index (Phi) is 3.61. The average Bonchev–Trinajstić information content (AvgIpc) is 2.60. The number of alkyl halides is 2. The minimum absolute atomic E-state index is 0.00327. The van der Waals surface area contributed by atoms with Crippen LogP contribution in [0, 0.1) is 0 Å². The number of carbonyl (C=O) groups is 2. The average molecular weight is 284 g/mol. The molecule has 2 rings (SSSR count). The van der Waals surface area contributed by atoms with E-state index in [1.807, 2.05) is 0 Å². The topological polar surface area (TPSA) is 58.6 Å². The van der Waals surface area contributed by atoms with Crippen LogP contribution in [0.15, 0.2) is 24.3 Å². The van der Waals surface area contributed by atoms with Crippen molar-refractivity contribution in [2.45, 2.75) is 26.0 Å². The first kappa shape index (κ1) is 14.2. The van der Waals surface area contributed by atoms with Gasteiger partial charge in [0.05, 0.1) is 0 Å². The van der Waals surface area contributed by atoms with Crippen molar-refractivity contribution in [1.29, 1.82) is 0 Å². The smallest absolute Gasteiger partial charge is 0.387 e. The predicted octanol–water partition coefficient (Wildman–Crippen LogP) is 2.07. The number of nitrogens with zero attached hydrogens (tertiary/aromatic N) is 1. The molecule has 1 aromatic rings. The Morgan fingerprint density at radius 3 is 2.35 bits per heavy atom. The molecule has 1 saturated heterocycles. The molecule has 7 heteroatoms. The van der Waals surface area contributed by atoms with E-state index in [9.17, 15) is 18.4 Å². The van der Waals surface area contributed by atoms with Gasteiger partial charge in [-0.1, -0.05) is 12.1 Å². The van der Waals surface area contributed by atoms with Gasteiger partial charge in [-0.2, -0.15) is 8.78 Å². The fourth-order valence-electron chi connectivity index (χ4n) is 2.15. The number of hydrogen-bond donors (Lipinski definition) is 1. The van der Waals surface area contributed by atoms with E-state index >= 15 is 0 Å². The van der Waals surface area contributed by atoms with E-state index in [-0.39, 0.29) is 18.2 Å². The van der Waals surface area contributed by atoms with Crippen LogP contribution in [-0.2, 0) is 10.3 Å². The van der Waals surface area contributed by atoms with E-state index in [0.717, 1.165) is 4.90 Å². The predicted molar refractivity (Wildman–Crippen MR) is 66.3 cm³/mol. The molecule has 0 bridgehead atoms. The maximum absolute atomic E-state index is 12.2. The SMILES string of the molecule is CCN1C(=O)NC(C)(c2ccc(OC(F)F)cc2)C1=O. The third kappa shape index (κ3) is 2.31. The number of carbonyl (C=O) groups excluding carboxylic acids is 2. The Morgan fingerprint density at radius 2 is 1.90 bits per heavy atom. The van der Waals surface area contributed by atoms with Gasteiger partial charge < -0.3 is 10.1 Å². The molecule has 1 unspecified atom stereocenters. The molecule has 0 aromatic heterocycles. The van der Waals surface area contributed by atoms with Gasteiger partial charge in [0.15, 0.2) is 0 Å². The molecule has 1 N–H and O–H groups in total. The zero-order chi connectivity index (χ0) is 14.9. The fraction of sp³-hybridized carbons (Fsp3) is 0.385. The van der Waals surface area contributed by atoms with Crippen LogP contribution in [0.25, 0.3) is 0 Å². The van der Waals surface area contributed by atoms with E-state index in [1.54, 1.807) is 13.8 Å². The summed E-state index contributed by atoms with van der Waals surface area (Å²) < 4.78 is 28.4. The van der Waals surface area contributed by atoms with Crippen molar-refractivity contribution in [3.05, 3.63) is 29.8 Å². The van der Waals surface area contributed by atoms with Crippen LogP contribution in [0.3, 0.4) is 0 Å². The summed E-state index contributed by atoms with van der Waals surface area (Å²) in [5, 5.41) is 2.61. The highest BCUT2D eigenvalue weighted by Gasteiger charge is 2.48. The van der Waals surface area contributed by atoms with Crippen molar-refractivity contribution in [2.75, 3.05) is 6.54 Å². The molecule has 1 aliphatic heterocycles. The van der Waals surface area contributed by atoms with Crippen LogP contribution < -0.4 is 10.1 Å². The van der Waals surface area contributed by atoms with Gasteiger partial charge in [-0.05, 0) is 31.5 Å². The number of ether oxygens (including phenoxy) is 1. The number of imide groups is 1. The van der Waals surface area contributed by atoms with Crippen LogP contribution in [0.1, 0.15) is 19.4 Å². The lowest BCUT2D eigenvalue weighted by Gasteiger charge is -2.22. The van der Waals surface area contributed by atoms with E-state index in [1.165, 1.54) is 24.3 Å². The number of benzene rings is 1. The highest BCUT2D eigenvalue weighted by molar-refractivity contribution is 6.07. The fourth-order valence-corrected chi connectivity index (χ4v) is 2.15. The second-order valence-corrected chi connectivity index (χ2v) is 4.51. The molecule has 1 heterocycles. The lowest BCUT2D eigenvalue weighted by atomic mass is 9.92. The van der Waals surface area contributed by atoms with Crippen molar-refractivity contribution in [3.8, 4) is 5.75 Å². The molecule has 1 aliphatic rings. The molecule has 20 heavy (non-hydrogen) atoms. The molecule has 5 nitrogen and oxygen atoms in total. The summed E-state index contributed by atoms with van der Waals surface area (Å²) >= 11 is 0. The quantitative estimate of drug-likeness (QED) is 0.861. The molecule has 0 aliphatic carbocycles. The van der Waals surface area contributed by atoms with Gasteiger partial charge in [0.1, 0.15) is 11.3 Å². The van der Waals surface area contributed by atoms with Gasteiger partial charge in [-0.15, -0.1) is 0 Å². The monoisotopic (exact) mass is 284 g/mol. The van der Waals surface area contributed by atoms with E-state index in [4.69, 9.17) is 0 Å². The van der Waals surface area contributed by atoms with Gasteiger partial charge >= 0.3 is 12.6 Å². The first-order valence-corrected chi connectivity index (χ1v) is 6.08. The molecule has 0 saturated carbocycles. The summed E-state index contributed by atoms with van der Waals surface area (Å²) in [6.07, 6.45) is 0. The first-order chi connectivity index (χ1) is 9.38. The standard InChI is InChI=1S/C13H14F2N2O3/c1-3-17-10(18)13(2,16-12(17)19)8-4-6-9(7-5-8)20-11(14)15/h4-7,11H,3H2,1-2H3,(H,16,19). The first-order valence-electron chi connectivity index (χ1n) is 6.08. The lowest BCUT2D eigenvalue weighted by Crippen LogP contribution is -2.40. The molecule has 108 valence electrons. The summed E-state index contributed by atoms with van der Waals surface area (Å²) in [6, 6.07) is 5.17. The van der Waals surface area contributed by atoms with E-state index < -0.39 is 18.2 Å². The zero-order valence-corrected chi connectivity index (χ0v) is 11.0. The van der Waals surface area contributed by atoms with E-state index in [2.05, 4.69) is 10.1 Å². The van der Waals surface area contributed by atoms with Crippen molar-refractivity contribution < 1.29 is 23.1 Å². The summed E-state index contributed by atoms with van der Waals surface area (Å²) in [5.41, 5.74) is -0.676. The molecule has 0 radical (unpaired) electrons. The number of amides is 3. The highest BCUT2D eigenvalue weighted by Crippen LogP contribution is 2.30. The summed E-state index contributed by atoms with van der Waals surface area (Å²) in [5.74, 6) is -0.371. The Hall–Kier alpha value is -2.18. The number of urea groups is 1. The van der Waals surface area contributed by atoms with Crippen LogP contribution in [0.5, 0.6) is 5.75 Å². The number of hydrogen-bond acceptors (Lipinski definition) is 3. The summed E-state index contributed by atoms with van der Waals surface area (Å²) in [4.78, 5) is 25.0. The molecule has 3 amide bonds. The molecule has 1 atom stereocenters. The van der Waals surface area contributed by atoms with E-state index in [0.29, 0.717) is 5.56 Å². The Morgan fingerprint density at radius 1 is 1.30 bits per heavy atom. The maximum Gasteiger partial charge on any atom is 0.387 e. The molecular weight excluding hydrogens is 270 g/mol. The normalized spacial score (nSPS) is 22.4. The molecule has 1 aromatic carbocycles. The second kappa shape index (κ2) is 5.07. The van der Waals surface area contributed by atoms with Gasteiger partial charge in [0, 0.05) is 6.54 Å². The largest absolute Gasteiger partial charge is 0.435 e. The number of halogens is 2. The minimum atomic E-state index is -2.90. The van der Waals surface area contributed by atoms with Crippen LogP contribution in [0.2, 0.25) is 0 Å². The minimum Gasteiger partial charge on any atom is -0.435 e. The van der Waals surface area contributed by atoms with Crippen LogP contribution >= 0.6 is 0 Å². The zero-order valence-electron chi connectivity index (χ0n) is 11.0. The van der Waals surface area contributed by atoms with Crippen LogP contribution in [-0.4, -0.2) is 30.0 Å². The lowest BCUT2D eigenvalue weighted by molar-refractivity contribution is -0.130. The van der Waals surface area contributed by atoms with Gasteiger partial charge in [0.25, 0.3) is 5.91 Å². The third-order valence-corrected chi connectivity index (χ3v) is 3.25. The number of nitrogens with one attached hydrogen (secondary N) is 1. The molecule has 1 fully saturated rings. The van der Waals surface area contributed by atoms with Gasteiger partial charge in [0.2, 0.25) is 0 Å². The Labute approximate surface area is 114 Å². The maximum atomic E-state index is 12.2. The van der Waals surface area contributed by atoms with Crippen molar-refractivity contribution in [1.82, 2.24) is 10.2 Å². The van der Waals surface area contributed by atoms with Crippen molar-refractivity contribution in [2.24, 2.45) is 0 Å². The molecular formula is C13H14F2N2O3.